The van der Waals surface area contributed by atoms with Crippen molar-refractivity contribution in [3.63, 3.8) is 0 Å². The summed E-state index contributed by atoms with van der Waals surface area (Å²) in [7, 11) is 0. The van der Waals surface area contributed by atoms with E-state index in [9.17, 15) is 9.59 Å². The molecule has 1 saturated heterocycles. The lowest BCUT2D eigenvalue weighted by atomic mass is 10.2. The zero-order valence-corrected chi connectivity index (χ0v) is 16.8. The van der Waals surface area contributed by atoms with E-state index in [1.54, 1.807) is 24.3 Å². The Balaban J connectivity index is 1.28. The van der Waals surface area contributed by atoms with Gasteiger partial charge in [-0.15, -0.1) is 0 Å². The average molecular weight is 410 g/mol. The third-order valence-corrected chi connectivity index (χ3v) is 5.98. The lowest BCUT2D eigenvalue weighted by Gasteiger charge is -2.09. The Morgan fingerprint density at radius 1 is 1.07 bits per heavy atom. The Morgan fingerprint density at radius 3 is 2.48 bits per heavy atom. The van der Waals surface area contributed by atoms with Gasteiger partial charge >= 0.3 is 0 Å². The molecule has 2 aromatic rings. The number of nitrogens with zero attached hydrogens (tertiary/aromatic N) is 1. The number of hydrogen-bond acceptors (Lipinski definition) is 5. The van der Waals surface area contributed by atoms with Crippen LogP contribution in [0.15, 0.2) is 59.6 Å². The van der Waals surface area contributed by atoms with Crippen LogP contribution < -0.4 is 15.4 Å². The van der Waals surface area contributed by atoms with Crippen LogP contribution in [0.25, 0.3) is 0 Å². The fourth-order valence-electron chi connectivity index (χ4n) is 3.41. The fourth-order valence-corrected chi connectivity index (χ4v) is 4.45. The second-order valence-electron chi connectivity index (χ2n) is 7.16. The first-order chi connectivity index (χ1) is 14.2. The standard InChI is InChI=1S/C22H23N3O3S/c26-20(14-19-21(27)25-22(29-19)24-15-6-4-5-7-15)23-16-10-12-18(13-11-16)28-17-8-2-1-3-9-17/h1-3,8-13,15,19H,4-7,14H2,(H,23,26)(H,24,25,27). The maximum Gasteiger partial charge on any atom is 0.240 e. The van der Waals surface area contributed by atoms with Crippen molar-refractivity contribution in [3.05, 3.63) is 54.6 Å². The number of amidine groups is 1. The number of carbonyl (C=O) groups excluding carboxylic acids is 2. The number of benzene rings is 2. The van der Waals surface area contributed by atoms with E-state index in [2.05, 4.69) is 15.6 Å². The topological polar surface area (TPSA) is 79.8 Å². The van der Waals surface area contributed by atoms with Gasteiger partial charge in [0.1, 0.15) is 16.7 Å². The van der Waals surface area contributed by atoms with Crippen molar-refractivity contribution in [2.24, 2.45) is 4.99 Å². The molecule has 2 N–H and O–H groups in total. The minimum Gasteiger partial charge on any atom is -0.457 e. The van der Waals surface area contributed by atoms with Crippen LogP contribution in [0, 0.1) is 0 Å². The largest absolute Gasteiger partial charge is 0.457 e. The number of nitrogens with one attached hydrogen (secondary N) is 2. The van der Waals surface area contributed by atoms with Crippen LogP contribution in [0.2, 0.25) is 0 Å². The molecular weight excluding hydrogens is 386 g/mol. The molecule has 1 saturated carbocycles. The van der Waals surface area contributed by atoms with Crippen LogP contribution in [0.4, 0.5) is 5.69 Å². The van der Waals surface area contributed by atoms with Gasteiger partial charge in [0.15, 0.2) is 5.17 Å². The third-order valence-electron chi connectivity index (χ3n) is 4.89. The summed E-state index contributed by atoms with van der Waals surface area (Å²) in [5.74, 6) is 1.10. The SMILES string of the molecule is O=C(CC1SC(=NC2CCCC2)NC1=O)Nc1ccc(Oc2ccccc2)cc1. The first-order valence-corrected chi connectivity index (χ1v) is 10.7. The zero-order valence-electron chi connectivity index (χ0n) is 16.0. The van der Waals surface area contributed by atoms with Crippen LogP contribution in [-0.4, -0.2) is 28.3 Å². The number of hydrogen-bond donors (Lipinski definition) is 2. The van der Waals surface area contributed by atoms with E-state index < -0.39 is 5.25 Å². The van der Waals surface area contributed by atoms with Gasteiger partial charge in [0.2, 0.25) is 11.8 Å². The monoisotopic (exact) mass is 409 g/mol. The molecule has 2 aliphatic rings. The highest BCUT2D eigenvalue weighted by molar-refractivity contribution is 8.15. The highest BCUT2D eigenvalue weighted by Gasteiger charge is 2.32. The molecule has 0 aromatic heterocycles. The van der Waals surface area contributed by atoms with Crippen molar-refractivity contribution < 1.29 is 14.3 Å². The van der Waals surface area contributed by atoms with Crippen molar-refractivity contribution in [3.8, 4) is 11.5 Å². The van der Waals surface area contributed by atoms with Crippen LogP contribution in [0.1, 0.15) is 32.1 Å². The summed E-state index contributed by atoms with van der Waals surface area (Å²) in [5, 5.41) is 5.87. The predicted molar refractivity (Wildman–Crippen MR) is 115 cm³/mol. The highest BCUT2D eigenvalue weighted by atomic mass is 32.2. The summed E-state index contributed by atoms with van der Waals surface area (Å²) >= 11 is 1.36. The molecule has 0 bridgehead atoms. The normalized spacial score (nSPS) is 20.6. The van der Waals surface area contributed by atoms with E-state index in [1.165, 1.54) is 24.6 Å². The molecule has 1 heterocycles. The number of para-hydroxylation sites is 1. The van der Waals surface area contributed by atoms with E-state index in [0.29, 0.717) is 22.6 Å². The first-order valence-electron chi connectivity index (χ1n) is 9.84. The molecule has 1 unspecified atom stereocenters. The molecule has 0 radical (unpaired) electrons. The Hall–Kier alpha value is -2.80. The molecule has 7 heteroatoms. The van der Waals surface area contributed by atoms with Gasteiger partial charge in [-0.2, -0.15) is 0 Å². The minimum atomic E-state index is -0.434. The predicted octanol–water partition coefficient (Wildman–Crippen LogP) is 4.34. The zero-order chi connectivity index (χ0) is 20.1. The highest BCUT2D eigenvalue weighted by Crippen LogP contribution is 2.27. The lowest BCUT2D eigenvalue weighted by Crippen LogP contribution is -2.28. The number of thioether (sulfide) groups is 1. The van der Waals surface area contributed by atoms with Crippen LogP contribution in [0.3, 0.4) is 0 Å². The average Bonchev–Trinajstić information content (AvgIpc) is 3.34. The first kappa shape index (κ1) is 19.5. The molecule has 1 aliphatic heterocycles. The van der Waals surface area contributed by atoms with E-state index in [-0.39, 0.29) is 18.2 Å². The van der Waals surface area contributed by atoms with E-state index in [4.69, 9.17) is 4.74 Å². The van der Waals surface area contributed by atoms with Crippen molar-refractivity contribution in [2.75, 3.05) is 5.32 Å². The number of rotatable bonds is 6. The Kier molecular flexibility index (Phi) is 6.14. The van der Waals surface area contributed by atoms with E-state index in [1.807, 2.05) is 30.3 Å². The number of ether oxygens (including phenoxy) is 1. The van der Waals surface area contributed by atoms with Gasteiger partial charge in [-0.1, -0.05) is 42.8 Å². The van der Waals surface area contributed by atoms with Gasteiger partial charge < -0.3 is 15.4 Å². The molecule has 2 fully saturated rings. The summed E-state index contributed by atoms with van der Waals surface area (Å²) in [4.78, 5) is 29.1. The van der Waals surface area contributed by atoms with Gasteiger partial charge in [0.25, 0.3) is 0 Å². The molecule has 1 atom stereocenters. The molecular formula is C22H23N3O3S. The van der Waals surface area contributed by atoms with Gasteiger partial charge in [0.05, 0.1) is 6.04 Å². The van der Waals surface area contributed by atoms with Crippen molar-refractivity contribution in [1.29, 1.82) is 0 Å². The van der Waals surface area contributed by atoms with Gasteiger partial charge in [-0.05, 0) is 49.2 Å². The minimum absolute atomic E-state index is 0.114. The van der Waals surface area contributed by atoms with Crippen molar-refractivity contribution in [2.45, 2.75) is 43.4 Å². The van der Waals surface area contributed by atoms with Crippen molar-refractivity contribution >= 4 is 34.4 Å². The second kappa shape index (κ2) is 9.13. The lowest BCUT2D eigenvalue weighted by molar-refractivity contribution is -0.122. The summed E-state index contributed by atoms with van der Waals surface area (Å²) in [5.41, 5.74) is 0.665. The molecule has 0 spiro atoms. The Labute approximate surface area is 174 Å². The summed E-state index contributed by atoms with van der Waals surface area (Å²) in [6.07, 6.45) is 4.66. The molecule has 150 valence electrons. The van der Waals surface area contributed by atoms with Crippen LogP contribution in [0.5, 0.6) is 11.5 Å². The van der Waals surface area contributed by atoms with E-state index >= 15 is 0 Å². The Bertz CT molecular complexity index is 893. The van der Waals surface area contributed by atoms with Gasteiger partial charge in [-0.3, -0.25) is 14.6 Å². The quantitative estimate of drug-likeness (QED) is 0.744. The van der Waals surface area contributed by atoms with Gasteiger partial charge in [0, 0.05) is 12.1 Å². The number of aliphatic imine (C=N–C) groups is 1. The van der Waals surface area contributed by atoms with Gasteiger partial charge in [-0.25, -0.2) is 0 Å². The molecule has 4 rings (SSSR count). The van der Waals surface area contributed by atoms with E-state index in [0.717, 1.165) is 18.6 Å². The maximum absolute atomic E-state index is 12.4. The Morgan fingerprint density at radius 2 is 1.76 bits per heavy atom. The summed E-state index contributed by atoms with van der Waals surface area (Å²) in [6.45, 7) is 0. The summed E-state index contributed by atoms with van der Waals surface area (Å²) in [6, 6.07) is 17.0. The number of amides is 2. The number of carbonyl (C=O) groups is 2. The third kappa shape index (κ3) is 5.38. The molecule has 6 nitrogen and oxygen atoms in total. The maximum atomic E-state index is 12.4. The van der Waals surface area contributed by atoms with Crippen molar-refractivity contribution in [1.82, 2.24) is 5.32 Å². The van der Waals surface area contributed by atoms with Crippen LogP contribution >= 0.6 is 11.8 Å². The smallest absolute Gasteiger partial charge is 0.240 e. The second-order valence-corrected chi connectivity index (χ2v) is 8.35. The molecule has 2 amide bonds. The summed E-state index contributed by atoms with van der Waals surface area (Å²) < 4.78 is 5.74. The molecule has 1 aliphatic carbocycles. The number of anilines is 1. The van der Waals surface area contributed by atoms with Crippen LogP contribution in [-0.2, 0) is 9.59 Å². The molecule has 29 heavy (non-hydrogen) atoms. The molecule has 2 aromatic carbocycles. The fraction of sp³-hybridized carbons (Fsp3) is 0.318.